The van der Waals surface area contributed by atoms with Gasteiger partial charge < -0.3 is 15.4 Å². The molecule has 1 fully saturated rings. The maximum absolute atomic E-state index is 6.07. The Balaban J connectivity index is 0.00000392. The first-order valence-electron chi connectivity index (χ1n) is 10.9. The number of aliphatic imine (C=N–C) groups is 1. The van der Waals surface area contributed by atoms with Gasteiger partial charge in [-0.05, 0) is 32.6 Å². The van der Waals surface area contributed by atoms with Gasteiger partial charge in [0.15, 0.2) is 5.96 Å². The van der Waals surface area contributed by atoms with E-state index in [9.17, 15) is 0 Å². The first-order valence-corrected chi connectivity index (χ1v) is 10.9. The molecule has 1 saturated carbocycles. The van der Waals surface area contributed by atoms with Crippen LogP contribution in [-0.4, -0.2) is 41.5 Å². The first kappa shape index (κ1) is 25.2. The number of guanidine groups is 1. The average Bonchev–Trinajstić information content (AvgIpc) is 2.83. The van der Waals surface area contributed by atoms with E-state index in [2.05, 4.69) is 36.5 Å². The van der Waals surface area contributed by atoms with Crippen molar-refractivity contribution in [1.29, 1.82) is 0 Å². The summed E-state index contributed by atoms with van der Waals surface area (Å²) in [4.78, 5) is 4.80. The molecule has 0 radical (unpaired) electrons. The molecule has 1 aliphatic rings. The predicted molar refractivity (Wildman–Crippen MR) is 128 cm³/mol. The quantitative estimate of drug-likeness (QED) is 0.175. The molecule has 2 N–H and O–H groups in total. The summed E-state index contributed by atoms with van der Waals surface area (Å²) in [5.41, 5.74) is 3.71. The lowest BCUT2D eigenvalue weighted by Gasteiger charge is -2.16. The summed E-state index contributed by atoms with van der Waals surface area (Å²) in [5, 5.41) is 11.4. The van der Waals surface area contributed by atoms with Crippen LogP contribution < -0.4 is 10.6 Å². The summed E-state index contributed by atoms with van der Waals surface area (Å²) < 4.78 is 8.08. The molecule has 1 aromatic heterocycles. The second kappa shape index (κ2) is 14.2. The number of hydrogen-bond acceptors (Lipinski definition) is 3. The normalized spacial score (nSPS) is 15.8. The summed E-state index contributed by atoms with van der Waals surface area (Å²) in [6.07, 6.45) is 10.2. The second-order valence-electron chi connectivity index (χ2n) is 7.31. The molecule has 28 heavy (non-hydrogen) atoms. The largest absolute Gasteiger partial charge is 0.376 e. The van der Waals surface area contributed by atoms with Crippen LogP contribution >= 0.6 is 24.0 Å². The standard InChI is InChI=1S/C21H39N5O.HI/c1-5-19-18(20(6-2)26(4)25-19)16-24-21(22-7-3)23-14-15-27-17-12-10-8-9-11-13-17;/h17H,5-16H2,1-4H3,(H2,22,23,24);1H. The van der Waals surface area contributed by atoms with E-state index in [4.69, 9.17) is 9.73 Å². The zero-order chi connectivity index (χ0) is 19.5. The third-order valence-corrected chi connectivity index (χ3v) is 5.32. The Morgan fingerprint density at radius 2 is 1.82 bits per heavy atom. The number of aromatic nitrogens is 2. The van der Waals surface area contributed by atoms with E-state index in [0.29, 0.717) is 12.6 Å². The highest BCUT2D eigenvalue weighted by atomic mass is 127. The molecule has 162 valence electrons. The number of nitrogens with zero attached hydrogens (tertiary/aromatic N) is 3. The van der Waals surface area contributed by atoms with Crippen molar-refractivity contribution in [2.24, 2.45) is 12.0 Å². The Hall–Kier alpha value is -0.830. The van der Waals surface area contributed by atoms with Crippen molar-refractivity contribution < 1.29 is 4.74 Å². The Bertz CT molecular complexity index is 580. The second-order valence-corrected chi connectivity index (χ2v) is 7.31. The highest BCUT2D eigenvalue weighted by Gasteiger charge is 2.14. The Kier molecular flexibility index (Phi) is 12.8. The molecule has 0 aromatic carbocycles. The van der Waals surface area contributed by atoms with Gasteiger partial charge in [-0.1, -0.05) is 39.5 Å². The van der Waals surface area contributed by atoms with Crippen molar-refractivity contribution in [2.75, 3.05) is 19.7 Å². The molecule has 1 aromatic rings. The molecule has 1 heterocycles. The van der Waals surface area contributed by atoms with E-state index in [1.807, 2.05) is 11.7 Å². The molecule has 2 rings (SSSR count). The van der Waals surface area contributed by atoms with Crippen molar-refractivity contribution in [3.63, 3.8) is 0 Å². The van der Waals surface area contributed by atoms with E-state index in [-0.39, 0.29) is 24.0 Å². The van der Waals surface area contributed by atoms with Crippen molar-refractivity contribution >= 4 is 29.9 Å². The van der Waals surface area contributed by atoms with Crippen molar-refractivity contribution in [3.8, 4) is 0 Å². The van der Waals surface area contributed by atoms with Gasteiger partial charge in [0.05, 0.1) is 24.9 Å². The zero-order valence-electron chi connectivity index (χ0n) is 18.2. The van der Waals surface area contributed by atoms with Gasteiger partial charge in [0.2, 0.25) is 0 Å². The van der Waals surface area contributed by atoms with Gasteiger partial charge in [0.25, 0.3) is 0 Å². The topological polar surface area (TPSA) is 63.5 Å². The van der Waals surface area contributed by atoms with Gasteiger partial charge >= 0.3 is 0 Å². The van der Waals surface area contributed by atoms with Gasteiger partial charge in [-0.2, -0.15) is 5.10 Å². The lowest BCUT2D eigenvalue weighted by molar-refractivity contribution is 0.0468. The Morgan fingerprint density at radius 3 is 2.43 bits per heavy atom. The van der Waals surface area contributed by atoms with Gasteiger partial charge in [0, 0.05) is 31.4 Å². The maximum atomic E-state index is 6.07. The first-order chi connectivity index (χ1) is 13.2. The smallest absolute Gasteiger partial charge is 0.191 e. The molecule has 6 nitrogen and oxygen atoms in total. The summed E-state index contributed by atoms with van der Waals surface area (Å²) in [6, 6.07) is 0. The number of hydrogen-bond donors (Lipinski definition) is 2. The summed E-state index contributed by atoms with van der Waals surface area (Å²) in [6.45, 7) is 9.47. The molecule has 0 atom stereocenters. The molecule has 0 unspecified atom stereocenters. The average molecular weight is 505 g/mol. The van der Waals surface area contributed by atoms with E-state index in [1.54, 1.807) is 0 Å². The Labute approximate surface area is 188 Å². The van der Waals surface area contributed by atoms with Crippen LogP contribution in [0.2, 0.25) is 0 Å². The molecule has 0 spiro atoms. The maximum Gasteiger partial charge on any atom is 0.191 e. The van der Waals surface area contributed by atoms with Gasteiger partial charge in [0.1, 0.15) is 0 Å². The third-order valence-electron chi connectivity index (χ3n) is 5.32. The molecule has 0 amide bonds. The van der Waals surface area contributed by atoms with Crippen LogP contribution in [0.25, 0.3) is 0 Å². The van der Waals surface area contributed by atoms with E-state index >= 15 is 0 Å². The van der Waals surface area contributed by atoms with Crippen LogP contribution in [0.15, 0.2) is 4.99 Å². The third kappa shape index (κ3) is 7.89. The van der Waals surface area contributed by atoms with E-state index in [0.717, 1.165) is 44.2 Å². The van der Waals surface area contributed by atoms with Crippen molar-refractivity contribution in [1.82, 2.24) is 20.4 Å². The fraction of sp³-hybridized carbons (Fsp3) is 0.810. The monoisotopic (exact) mass is 505 g/mol. The molecule has 0 aliphatic heterocycles. The molecule has 7 heteroatoms. The lowest BCUT2D eigenvalue weighted by atomic mass is 10.1. The Morgan fingerprint density at radius 1 is 1.11 bits per heavy atom. The van der Waals surface area contributed by atoms with Crippen molar-refractivity contribution in [2.45, 2.75) is 84.8 Å². The van der Waals surface area contributed by atoms with Crippen LogP contribution in [0.3, 0.4) is 0 Å². The molecule has 1 aliphatic carbocycles. The molecular formula is C21H40IN5O. The van der Waals surface area contributed by atoms with Crippen LogP contribution in [0.5, 0.6) is 0 Å². The molecule has 0 bridgehead atoms. The highest BCUT2D eigenvalue weighted by Crippen LogP contribution is 2.19. The number of aryl methyl sites for hydroxylation is 2. The highest BCUT2D eigenvalue weighted by molar-refractivity contribution is 14.0. The summed E-state index contributed by atoms with van der Waals surface area (Å²) in [7, 11) is 2.03. The minimum Gasteiger partial charge on any atom is -0.376 e. The minimum absolute atomic E-state index is 0. The fourth-order valence-electron chi connectivity index (χ4n) is 3.88. The zero-order valence-corrected chi connectivity index (χ0v) is 20.6. The predicted octanol–water partition coefficient (Wildman–Crippen LogP) is 3.96. The van der Waals surface area contributed by atoms with Crippen LogP contribution in [0, 0.1) is 0 Å². The van der Waals surface area contributed by atoms with Crippen LogP contribution in [-0.2, 0) is 31.2 Å². The van der Waals surface area contributed by atoms with E-state index < -0.39 is 0 Å². The lowest BCUT2D eigenvalue weighted by Crippen LogP contribution is -2.39. The van der Waals surface area contributed by atoms with E-state index in [1.165, 1.54) is 49.8 Å². The number of rotatable bonds is 9. The molecule has 0 saturated heterocycles. The van der Waals surface area contributed by atoms with Gasteiger partial charge in [-0.3, -0.25) is 4.68 Å². The number of halogens is 1. The number of nitrogens with one attached hydrogen (secondary N) is 2. The van der Waals surface area contributed by atoms with Gasteiger partial charge in [-0.25, -0.2) is 4.99 Å². The minimum atomic E-state index is 0. The SMILES string of the molecule is CCNC(=NCc1c(CC)nn(C)c1CC)NCCOC1CCCCCC1.I. The summed E-state index contributed by atoms with van der Waals surface area (Å²) in [5.74, 6) is 0.856. The fourth-order valence-corrected chi connectivity index (χ4v) is 3.88. The van der Waals surface area contributed by atoms with Crippen molar-refractivity contribution in [3.05, 3.63) is 17.0 Å². The number of ether oxygens (including phenoxy) is 1. The summed E-state index contributed by atoms with van der Waals surface area (Å²) >= 11 is 0. The van der Waals surface area contributed by atoms with Gasteiger partial charge in [-0.15, -0.1) is 24.0 Å². The molecular weight excluding hydrogens is 465 g/mol. The van der Waals surface area contributed by atoms with Crippen LogP contribution in [0.1, 0.15) is 76.2 Å². The van der Waals surface area contributed by atoms with Crippen LogP contribution in [0.4, 0.5) is 0 Å².